The molecule has 0 nitrogen and oxygen atoms in total. The van der Waals surface area contributed by atoms with Crippen LogP contribution in [0.15, 0.2) is 0 Å². The molecule has 2 rings (SSSR count). The monoisotopic (exact) mass is 236 g/mol. The number of alkyl halides is 1. The molecular formula is C8H13I. The number of fused-ring (bicyclic) bond motifs is 2. The standard InChI is InChI=1S/C8H13I/c1-5-2-6-3-7(5)8(9)4-6/h5-8H,2-4H2,1H3. The number of rotatable bonds is 0. The molecule has 0 spiro atoms. The Kier molecular flexibility index (Phi) is 1.51. The fourth-order valence-electron chi connectivity index (χ4n) is 2.60. The topological polar surface area (TPSA) is 0 Å². The van der Waals surface area contributed by atoms with Gasteiger partial charge in [0.2, 0.25) is 0 Å². The number of hydrogen-bond acceptors (Lipinski definition) is 0. The van der Waals surface area contributed by atoms with E-state index in [2.05, 4.69) is 29.5 Å². The van der Waals surface area contributed by atoms with Gasteiger partial charge in [-0.3, -0.25) is 0 Å². The highest BCUT2D eigenvalue weighted by atomic mass is 127. The second kappa shape index (κ2) is 2.11. The summed E-state index contributed by atoms with van der Waals surface area (Å²) in [6.07, 6.45) is 4.61. The van der Waals surface area contributed by atoms with Crippen molar-refractivity contribution in [2.45, 2.75) is 30.1 Å². The molecule has 2 bridgehead atoms. The van der Waals surface area contributed by atoms with Gasteiger partial charge in [0, 0.05) is 3.92 Å². The van der Waals surface area contributed by atoms with E-state index in [4.69, 9.17) is 0 Å². The average molecular weight is 236 g/mol. The normalized spacial score (nSPS) is 56.7. The van der Waals surface area contributed by atoms with Crippen LogP contribution in [0.1, 0.15) is 26.2 Å². The van der Waals surface area contributed by atoms with Crippen molar-refractivity contribution >= 4 is 22.6 Å². The van der Waals surface area contributed by atoms with Crippen LogP contribution in [0.2, 0.25) is 0 Å². The zero-order chi connectivity index (χ0) is 6.43. The molecule has 0 aromatic carbocycles. The summed E-state index contributed by atoms with van der Waals surface area (Å²) in [4.78, 5) is 0. The predicted octanol–water partition coefficient (Wildman–Crippen LogP) is 2.86. The molecule has 2 aliphatic carbocycles. The van der Waals surface area contributed by atoms with Gasteiger partial charge in [-0.05, 0) is 37.0 Å². The van der Waals surface area contributed by atoms with Gasteiger partial charge in [-0.1, -0.05) is 29.5 Å². The van der Waals surface area contributed by atoms with Crippen LogP contribution < -0.4 is 0 Å². The molecule has 4 unspecified atom stereocenters. The zero-order valence-electron chi connectivity index (χ0n) is 5.81. The Labute approximate surface area is 70.5 Å². The van der Waals surface area contributed by atoms with Gasteiger partial charge in [0.1, 0.15) is 0 Å². The van der Waals surface area contributed by atoms with Gasteiger partial charge in [0.15, 0.2) is 0 Å². The van der Waals surface area contributed by atoms with E-state index in [1.165, 1.54) is 12.8 Å². The molecule has 0 N–H and O–H groups in total. The molecule has 1 heteroatoms. The molecular weight excluding hydrogens is 223 g/mol. The van der Waals surface area contributed by atoms with Crippen molar-refractivity contribution in [3.63, 3.8) is 0 Å². The molecule has 2 fully saturated rings. The van der Waals surface area contributed by atoms with E-state index in [-0.39, 0.29) is 0 Å². The lowest BCUT2D eigenvalue weighted by molar-refractivity contribution is 0.378. The molecule has 0 radical (unpaired) electrons. The van der Waals surface area contributed by atoms with Crippen LogP contribution in [0.25, 0.3) is 0 Å². The minimum Gasteiger partial charge on any atom is -0.0823 e. The van der Waals surface area contributed by atoms with Gasteiger partial charge in [-0.2, -0.15) is 0 Å². The largest absolute Gasteiger partial charge is 0.0823 e. The second-order valence-corrected chi connectivity index (χ2v) is 5.33. The highest BCUT2D eigenvalue weighted by Crippen LogP contribution is 2.51. The third kappa shape index (κ3) is 0.920. The fourth-order valence-corrected chi connectivity index (χ4v) is 4.33. The Balaban J connectivity index is 2.13. The van der Waals surface area contributed by atoms with Crippen LogP contribution in [0.5, 0.6) is 0 Å². The average Bonchev–Trinajstić information content (AvgIpc) is 2.22. The van der Waals surface area contributed by atoms with Crippen LogP contribution >= 0.6 is 22.6 Å². The van der Waals surface area contributed by atoms with Crippen molar-refractivity contribution in [2.24, 2.45) is 17.8 Å². The summed E-state index contributed by atoms with van der Waals surface area (Å²) in [6.45, 7) is 2.43. The van der Waals surface area contributed by atoms with E-state index in [0.29, 0.717) is 0 Å². The van der Waals surface area contributed by atoms with E-state index in [1.54, 1.807) is 6.42 Å². The molecule has 0 amide bonds. The lowest BCUT2D eigenvalue weighted by Gasteiger charge is -2.21. The maximum absolute atomic E-state index is 2.64. The first-order valence-corrected chi connectivity index (χ1v) is 5.16. The molecule has 9 heavy (non-hydrogen) atoms. The summed E-state index contributed by atoms with van der Waals surface area (Å²) >= 11 is 2.64. The lowest BCUT2D eigenvalue weighted by Crippen LogP contribution is -2.16. The maximum Gasteiger partial charge on any atom is 0.0143 e. The van der Waals surface area contributed by atoms with Gasteiger partial charge in [0.25, 0.3) is 0 Å². The third-order valence-corrected chi connectivity index (χ3v) is 4.50. The molecule has 0 aromatic heterocycles. The van der Waals surface area contributed by atoms with Crippen molar-refractivity contribution in [1.29, 1.82) is 0 Å². The van der Waals surface area contributed by atoms with Crippen molar-refractivity contribution in [3.8, 4) is 0 Å². The number of halogens is 1. The molecule has 0 aliphatic heterocycles. The Morgan fingerprint density at radius 1 is 1.22 bits per heavy atom. The summed E-state index contributed by atoms with van der Waals surface area (Å²) in [6, 6.07) is 0. The highest BCUT2D eigenvalue weighted by molar-refractivity contribution is 14.1. The van der Waals surface area contributed by atoms with Gasteiger partial charge in [0.05, 0.1) is 0 Å². The number of hydrogen-bond donors (Lipinski definition) is 0. The summed E-state index contributed by atoms with van der Waals surface area (Å²) in [5, 5.41) is 0. The molecule has 52 valence electrons. The van der Waals surface area contributed by atoms with Crippen LogP contribution in [-0.2, 0) is 0 Å². The maximum atomic E-state index is 2.64. The second-order valence-electron chi connectivity index (χ2n) is 3.73. The minimum atomic E-state index is 1.02. The van der Waals surface area contributed by atoms with E-state index in [1.807, 2.05) is 0 Å². The Morgan fingerprint density at radius 2 is 2.00 bits per heavy atom. The fraction of sp³-hybridized carbons (Fsp3) is 1.00. The molecule has 0 aromatic rings. The van der Waals surface area contributed by atoms with E-state index >= 15 is 0 Å². The van der Waals surface area contributed by atoms with Crippen molar-refractivity contribution < 1.29 is 0 Å². The smallest absolute Gasteiger partial charge is 0.0143 e. The Morgan fingerprint density at radius 3 is 2.33 bits per heavy atom. The summed E-state index contributed by atoms with van der Waals surface area (Å²) in [5.41, 5.74) is 0. The van der Waals surface area contributed by atoms with Crippen molar-refractivity contribution in [3.05, 3.63) is 0 Å². The van der Waals surface area contributed by atoms with Gasteiger partial charge < -0.3 is 0 Å². The van der Waals surface area contributed by atoms with E-state index in [0.717, 1.165) is 21.7 Å². The van der Waals surface area contributed by atoms with Crippen LogP contribution in [0.3, 0.4) is 0 Å². The summed E-state index contributed by atoms with van der Waals surface area (Å²) < 4.78 is 1.02. The Hall–Kier alpha value is 0.730. The predicted molar refractivity (Wildman–Crippen MR) is 47.8 cm³/mol. The molecule has 2 aliphatic rings. The van der Waals surface area contributed by atoms with Crippen LogP contribution in [0, 0.1) is 17.8 Å². The van der Waals surface area contributed by atoms with E-state index < -0.39 is 0 Å². The zero-order valence-corrected chi connectivity index (χ0v) is 7.97. The molecule has 0 saturated heterocycles. The SMILES string of the molecule is CC1CC2CC(I)C1C2. The van der Waals surface area contributed by atoms with Crippen molar-refractivity contribution in [2.75, 3.05) is 0 Å². The van der Waals surface area contributed by atoms with Gasteiger partial charge in [-0.15, -0.1) is 0 Å². The van der Waals surface area contributed by atoms with Gasteiger partial charge >= 0.3 is 0 Å². The van der Waals surface area contributed by atoms with E-state index in [9.17, 15) is 0 Å². The molecule has 4 atom stereocenters. The summed E-state index contributed by atoms with van der Waals surface area (Å²) in [7, 11) is 0. The first kappa shape index (κ1) is 6.44. The molecule has 0 heterocycles. The van der Waals surface area contributed by atoms with Crippen molar-refractivity contribution in [1.82, 2.24) is 0 Å². The van der Waals surface area contributed by atoms with Gasteiger partial charge in [-0.25, -0.2) is 0 Å². The Bertz CT molecular complexity index is 110. The first-order chi connectivity index (χ1) is 4.27. The minimum absolute atomic E-state index is 1.02. The van der Waals surface area contributed by atoms with Crippen LogP contribution in [0.4, 0.5) is 0 Å². The first-order valence-electron chi connectivity index (χ1n) is 3.91. The van der Waals surface area contributed by atoms with Crippen LogP contribution in [-0.4, -0.2) is 3.92 Å². The summed E-state index contributed by atoms with van der Waals surface area (Å²) in [5.74, 6) is 3.26. The highest BCUT2D eigenvalue weighted by Gasteiger charge is 2.42. The quantitative estimate of drug-likeness (QED) is 0.448. The lowest BCUT2D eigenvalue weighted by atomic mass is 9.91. The molecule has 2 saturated carbocycles. The third-order valence-electron chi connectivity index (χ3n) is 3.06.